The molecule has 0 aliphatic carbocycles. The fraction of sp³-hybridized carbons (Fsp3) is 0.333. The summed E-state index contributed by atoms with van der Waals surface area (Å²) in [4.78, 5) is 26.3. The lowest BCUT2D eigenvalue weighted by atomic mass is 9.93. The van der Waals surface area contributed by atoms with E-state index < -0.39 is 5.97 Å². The summed E-state index contributed by atoms with van der Waals surface area (Å²) in [6.07, 6.45) is 3.32. The number of aromatic nitrogens is 3. The Labute approximate surface area is 167 Å². The van der Waals surface area contributed by atoms with Crippen molar-refractivity contribution in [1.29, 1.82) is 0 Å². The van der Waals surface area contributed by atoms with E-state index in [4.69, 9.17) is 9.63 Å². The van der Waals surface area contributed by atoms with Gasteiger partial charge in [0.15, 0.2) is 0 Å². The molecule has 1 atom stereocenters. The van der Waals surface area contributed by atoms with Crippen LogP contribution in [0.5, 0.6) is 0 Å². The van der Waals surface area contributed by atoms with Crippen molar-refractivity contribution in [3.63, 3.8) is 0 Å². The Hall–Kier alpha value is -3.42. The molecule has 3 aromatic rings. The minimum absolute atomic E-state index is 0.0369. The standard InChI is InChI=1S/C21H22N4O4/c1-14-19(20(23-29-14)15-6-3-2-4-7-15)21(28)24-11-5-8-16(12-24)17-9-10-22-25(17)13-18(26)27/h2-4,6-7,9-10,16H,5,8,11-13H2,1H3,(H,26,27)/t16-/m0/s1. The van der Waals surface area contributed by atoms with E-state index in [1.807, 2.05) is 36.4 Å². The zero-order valence-electron chi connectivity index (χ0n) is 16.1. The topological polar surface area (TPSA) is 101 Å². The molecule has 1 N–H and O–H groups in total. The first-order chi connectivity index (χ1) is 14.0. The average Bonchev–Trinajstić information content (AvgIpc) is 3.34. The molecular weight excluding hydrogens is 372 g/mol. The number of aryl methyl sites for hydroxylation is 1. The van der Waals surface area contributed by atoms with Crippen LogP contribution in [-0.4, -0.2) is 49.9 Å². The minimum atomic E-state index is -0.939. The monoisotopic (exact) mass is 394 g/mol. The van der Waals surface area contributed by atoms with Gasteiger partial charge < -0.3 is 14.5 Å². The van der Waals surface area contributed by atoms with Crippen molar-refractivity contribution in [2.45, 2.75) is 32.2 Å². The number of carboxylic acid groups (broad SMARTS) is 1. The number of aliphatic carboxylic acids is 1. The van der Waals surface area contributed by atoms with E-state index in [0.29, 0.717) is 30.1 Å². The smallest absolute Gasteiger partial charge is 0.325 e. The predicted octanol–water partition coefficient (Wildman–Crippen LogP) is 2.95. The lowest BCUT2D eigenvalue weighted by molar-refractivity contribution is -0.137. The Bertz CT molecular complexity index is 1020. The molecule has 2 aromatic heterocycles. The summed E-state index contributed by atoms with van der Waals surface area (Å²) >= 11 is 0. The molecule has 1 aliphatic heterocycles. The molecule has 3 heterocycles. The number of benzene rings is 1. The molecular formula is C21H22N4O4. The summed E-state index contributed by atoms with van der Waals surface area (Å²) in [7, 11) is 0. The van der Waals surface area contributed by atoms with Gasteiger partial charge >= 0.3 is 5.97 Å². The number of rotatable bonds is 5. The van der Waals surface area contributed by atoms with E-state index in [2.05, 4.69) is 10.3 Å². The second kappa shape index (κ2) is 7.90. The van der Waals surface area contributed by atoms with Gasteiger partial charge in [0.25, 0.3) is 5.91 Å². The lowest BCUT2D eigenvalue weighted by Crippen LogP contribution is -2.40. The van der Waals surface area contributed by atoms with Gasteiger partial charge in [0, 0.05) is 36.5 Å². The molecule has 8 nitrogen and oxygen atoms in total. The third kappa shape index (κ3) is 3.78. The number of hydrogen-bond donors (Lipinski definition) is 1. The van der Waals surface area contributed by atoms with Crippen molar-refractivity contribution >= 4 is 11.9 Å². The van der Waals surface area contributed by atoms with E-state index in [-0.39, 0.29) is 18.4 Å². The Balaban J connectivity index is 1.59. The average molecular weight is 394 g/mol. The molecule has 29 heavy (non-hydrogen) atoms. The highest BCUT2D eigenvalue weighted by Gasteiger charge is 2.31. The van der Waals surface area contributed by atoms with E-state index in [9.17, 15) is 9.59 Å². The molecule has 0 bridgehead atoms. The third-order valence-corrected chi connectivity index (χ3v) is 5.29. The molecule has 1 amide bonds. The number of nitrogens with zero attached hydrogens (tertiary/aromatic N) is 4. The van der Waals surface area contributed by atoms with Crippen LogP contribution in [-0.2, 0) is 11.3 Å². The number of hydrogen-bond acceptors (Lipinski definition) is 5. The van der Waals surface area contributed by atoms with E-state index >= 15 is 0 Å². The van der Waals surface area contributed by atoms with Crippen LogP contribution in [0.4, 0.5) is 0 Å². The number of amides is 1. The molecule has 150 valence electrons. The first-order valence-corrected chi connectivity index (χ1v) is 9.59. The maximum absolute atomic E-state index is 13.4. The van der Waals surface area contributed by atoms with Gasteiger partial charge in [-0.15, -0.1) is 0 Å². The van der Waals surface area contributed by atoms with Gasteiger partial charge in [-0.25, -0.2) is 0 Å². The van der Waals surface area contributed by atoms with Gasteiger partial charge in [-0.2, -0.15) is 5.10 Å². The number of piperidine rings is 1. The summed E-state index contributed by atoms with van der Waals surface area (Å²) in [6.45, 7) is 2.70. The molecule has 0 unspecified atom stereocenters. The Kier molecular flexibility index (Phi) is 5.16. The highest BCUT2D eigenvalue weighted by atomic mass is 16.5. The number of likely N-dealkylation sites (tertiary alicyclic amines) is 1. The summed E-state index contributed by atoms with van der Waals surface area (Å²) in [5.41, 5.74) is 2.71. The molecule has 0 radical (unpaired) electrons. The molecule has 8 heteroatoms. The van der Waals surface area contributed by atoms with Crippen molar-refractivity contribution in [3.8, 4) is 11.3 Å². The van der Waals surface area contributed by atoms with Gasteiger partial charge in [0.1, 0.15) is 23.6 Å². The first-order valence-electron chi connectivity index (χ1n) is 9.59. The Morgan fingerprint density at radius 3 is 2.79 bits per heavy atom. The first kappa shape index (κ1) is 18.9. The Morgan fingerprint density at radius 1 is 1.24 bits per heavy atom. The fourth-order valence-electron chi connectivity index (χ4n) is 3.93. The number of carbonyl (C=O) groups is 2. The molecule has 1 aromatic carbocycles. The van der Waals surface area contributed by atoms with E-state index in [1.165, 1.54) is 4.68 Å². The van der Waals surface area contributed by atoms with Crippen LogP contribution in [0, 0.1) is 6.92 Å². The minimum Gasteiger partial charge on any atom is -0.480 e. The highest BCUT2D eigenvalue weighted by Crippen LogP contribution is 2.31. The zero-order chi connectivity index (χ0) is 20.4. The normalized spacial score (nSPS) is 16.7. The maximum Gasteiger partial charge on any atom is 0.325 e. The van der Waals surface area contributed by atoms with Crippen LogP contribution in [0.25, 0.3) is 11.3 Å². The van der Waals surface area contributed by atoms with Gasteiger partial charge in [0.05, 0.1) is 0 Å². The quantitative estimate of drug-likeness (QED) is 0.714. The van der Waals surface area contributed by atoms with Gasteiger partial charge in [-0.05, 0) is 25.8 Å². The van der Waals surface area contributed by atoms with Crippen LogP contribution in [0.1, 0.15) is 40.6 Å². The number of carboxylic acids is 1. The maximum atomic E-state index is 13.4. The second-order valence-electron chi connectivity index (χ2n) is 7.23. The molecule has 1 fully saturated rings. The van der Waals surface area contributed by atoms with Crippen molar-refractivity contribution in [1.82, 2.24) is 19.8 Å². The van der Waals surface area contributed by atoms with Gasteiger partial charge in [-0.3, -0.25) is 14.3 Å². The number of carbonyl (C=O) groups excluding carboxylic acids is 1. The van der Waals surface area contributed by atoms with Crippen LogP contribution >= 0.6 is 0 Å². The van der Waals surface area contributed by atoms with Crippen molar-refractivity contribution in [2.24, 2.45) is 0 Å². The van der Waals surface area contributed by atoms with Crippen molar-refractivity contribution < 1.29 is 19.2 Å². The molecule has 1 saturated heterocycles. The van der Waals surface area contributed by atoms with Crippen molar-refractivity contribution in [2.75, 3.05) is 13.1 Å². The van der Waals surface area contributed by atoms with Gasteiger partial charge in [-0.1, -0.05) is 35.5 Å². The van der Waals surface area contributed by atoms with Crippen LogP contribution in [0.15, 0.2) is 47.1 Å². The summed E-state index contributed by atoms with van der Waals surface area (Å²) in [5, 5.41) is 17.3. The molecule has 4 rings (SSSR count). The summed E-state index contributed by atoms with van der Waals surface area (Å²) in [6, 6.07) is 11.3. The second-order valence-corrected chi connectivity index (χ2v) is 7.23. The van der Waals surface area contributed by atoms with Crippen LogP contribution < -0.4 is 0 Å². The van der Waals surface area contributed by atoms with E-state index in [0.717, 1.165) is 24.1 Å². The summed E-state index contributed by atoms with van der Waals surface area (Å²) in [5.74, 6) is -0.523. The van der Waals surface area contributed by atoms with Crippen LogP contribution in [0.3, 0.4) is 0 Å². The fourth-order valence-corrected chi connectivity index (χ4v) is 3.93. The molecule has 0 spiro atoms. The summed E-state index contributed by atoms with van der Waals surface area (Å²) < 4.78 is 6.85. The van der Waals surface area contributed by atoms with Crippen molar-refractivity contribution in [3.05, 3.63) is 59.6 Å². The van der Waals surface area contributed by atoms with Gasteiger partial charge in [0.2, 0.25) is 0 Å². The van der Waals surface area contributed by atoms with E-state index in [1.54, 1.807) is 18.0 Å². The molecule has 0 saturated carbocycles. The third-order valence-electron chi connectivity index (χ3n) is 5.29. The molecule has 1 aliphatic rings. The highest BCUT2D eigenvalue weighted by molar-refractivity contribution is 6.00. The largest absolute Gasteiger partial charge is 0.480 e. The lowest BCUT2D eigenvalue weighted by Gasteiger charge is -2.33. The Morgan fingerprint density at radius 2 is 2.03 bits per heavy atom. The SMILES string of the molecule is Cc1onc(-c2ccccc2)c1C(=O)N1CCC[C@H](c2ccnn2CC(=O)O)C1. The predicted molar refractivity (Wildman–Crippen MR) is 104 cm³/mol. The van der Waals surface area contributed by atoms with Crippen LogP contribution in [0.2, 0.25) is 0 Å². The zero-order valence-corrected chi connectivity index (χ0v) is 16.1.